The van der Waals surface area contributed by atoms with Crippen molar-refractivity contribution in [3.8, 4) is 23.0 Å². The third-order valence-corrected chi connectivity index (χ3v) is 3.70. The standard InChI is InChI=1S/C17H14N2O6/c20-16(19-11-2-4-13-15(6-11)25-9-23-13)7-18-17(21)10-1-3-12-14(5-10)24-8-22-12/h1-6H,7-9H2,(H,18,21)(H,19,20). The van der Waals surface area contributed by atoms with Crippen LogP contribution in [0.2, 0.25) is 0 Å². The number of nitrogens with one attached hydrogen (secondary N) is 2. The predicted molar refractivity (Wildman–Crippen MR) is 86.1 cm³/mol. The molecule has 2 aliphatic rings. The summed E-state index contributed by atoms with van der Waals surface area (Å²) in [5.41, 5.74) is 0.951. The number of carbonyl (C=O) groups is 2. The first-order chi connectivity index (χ1) is 12.2. The molecule has 2 amide bonds. The highest BCUT2D eigenvalue weighted by atomic mass is 16.7. The van der Waals surface area contributed by atoms with Gasteiger partial charge in [-0.05, 0) is 30.3 Å². The number of hydrogen-bond acceptors (Lipinski definition) is 6. The minimum absolute atomic E-state index is 0.137. The van der Waals surface area contributed by atoms with E-state index in [2.05, 4.69) is 10.6 Å². The Hall–Kier alpha value is -3.42. The zero-order valence-corrected chi connectivity index (χ0v) is 13.0. The maximum Gasteiger partial charge on any atom is 0.251 e. The fourth-order valence-corrected chi connectivity index (χ4v) is 2.48. The number of ether oxygens (including phenoxy) is 4. The Morgan fingerprint density at radius 3 is 2.24 bits per heavy atom. The highest BCUT2D eigenvalue weighted by Crippen LogP contribution is 2.34. The van der Waals surface area contributed by atoms with Crippen LogP contribution in [0.1, 0.15) is 10.4 Å². The highest BCUT2D eigenvalue weighted by molar-refractivity contribution is 5.99. The van der Waals surface area contributed by atoms with Crippen molar-refractivity contribution in [3.05, 3.63) is 42.0 Å². The number of anilines is 1. The van der Waals surface area contributed by atoms with Crippen molar-refractivity contribution in [2.24, 2.45) is 0 Å². The van der Waals surface area contributed by atoms with Gasteiger partial charge in [0.05, 0.1) is 6.54 Å². The van der Waals surface area contributed by atoms with Crippen LogP contribution < -0.4 is 29.6 Å². The fourth-order valence-electron chi connectivity index (χ4n) is 2.48. The van der Waals surface area contributed by atoms with Crippen LogP contribution in [0.5, 0.6) is 23.0 Å². The van der Waals surface area contributed by atoms with Crippen LogP contribution >= 0.6 is 0 Å². The van der Waals surface area contributed by atoms with Gasteiger partial charge in [-0.2, -0.15) is 0 Å². The van der Waals surface area contributed by atoms with Gasteiger partial charge in [-0.15, -0.1) is 0 Å². The third-order valence-electron chi connectivity index (χ3n) is 3.70. The zero-order valence-electron chi connectivity index (χ0n) is 13.0. The molecule has 0 radical (unpaired) electrons. The van der Waals surface area contributed by atoms with Gasteiger partial charge in [-0.1, -0.05) is 0 Å². The molecule has 8 heteroatoms. The fraction of sp³-hybridized carbons (Fsp3) is 0.176. The summed E-state index contributed by atoms with van der Waals surface area (Å²) in [4.78, 5) is 24.1. The number of hydrogen-bond donors (Lipinski definition) is 2. The van der Waals surface area contributed by atoms with E-state index >= 15 is 0 Å². The van der Waals surface area contributed by atoms with Crippen LogP contribution in [0, 0.1) is 0 Å². The number of rotatable bonds is 4. The molecule has 0 spiro atoms. The van der Waals surface area contributed by atoms with Crippen molar-refractivity contribution in [1.82, 2.24) is 5.32 Å². The Morgan fingerprint density at radius 2 is 1.48 bits per heavy atom. The summed E-state index contributed by atoms with van der Waals surface area (Å²) in [5, 5.41) is 5.25. The van der Waals surface area contributed by atoms with Crippen LogP contribution in [-0.2, 0) is 4.79 Å². The molecule has 0 saturated carbocycles. The number of benzene rings is 2. The quantitative estimate of drug-likeness (QED) is 0.875. The van der Waals surface area contributed by atoms with Crippen molar-refractivity contribution in [1.29, 1.82) is 0 Å². The van der Waals surface area contributed by atoms with E-state index in [0.29, 0.717) is 34.2 Å². The molecule has 2 aromatic rings. The Kier molecular flexibility index (Phi) is 3.77. The monoisotopic (exact) mass is 342 g/mol. The van der Waals surface area contributed by atoms with Gasteiger partial charge in [0.2, 0.25) is 19.5 Å². The molecule has 2 aliphatic heterocycles. The van der Waals surface area contributed by atoms with Crippen LogP contribution in [0.4, 0.5) is 5.69 Å². The molecule has 0 aliphatic carbocycles. The van der Waals surface area contributed by atoms with Gasteiger partial charge in [0.1, 0.15) is 0 Å². The number of fused-ring (bicyclic) bond motifs is 2. The van der Waals surface area contributed by atoms with Gasteiger partial charge in [0.25, 0.3) is 5.91 Å². The zero-order chi connectivity index (χ0) is 17.2. The Balaban J connectivity index is 1.33. The molecule has 0 fully saturated rings. The summed E-state index contributed by atoms with van der Waals surface area (Å²) in [6, 6.07) is 9.92. The maximum atomic E-state index is 12.1. The summed E-state index contributed by atoms with van der Waals surface area (Å²) in [7, 11) is 0. The molecule has 0 saturated heterocycles. The topological polar surface area (TPSA) is 95.1 Å². The highest BCUT2D eigenvalue weighted by Gasteiger charge is 2.17. The van der Waals surface area contributed by atoms with Crippen molar-refractivity contribution >= 4 is 17.5 Å². The molecular weight excluding hydrogens is 328 g/mol. The predicted octanol–water partition coefficient (Wildman–Crippen LogP) is 1.51. The first-order valence-corrected chi connectivity index (χ1v) is 7.56. The Labute approximate surface area is 142 Å². The van der Waals surface area contributed by atoms with Crippen LogP contribution in [0.25, 0.3) is 0 Å². The lowest BCUT2D eigenvalue weighted by molar-refractivity contribution is -0.115. The van der Waals surface area contributed by atoms with Crippen LogP contribution in [-0.4, -0.2) is 31.9 Å². The second-order valence-electron chi connectivity index (χ2n) is 5.37. The van der Waals surface area contributed by atoms with E-state index < -0.39 is 0 Å². The van der Waals surface area contributed by atoms with Crippen molar-refractivity contribution < 1.29 is 28.5 Å². The summed E-state index contributed by atoms with van der Waals surface area (Å²) >= 11 is 0. The third kappa shape index (κ3) is 3.14. The van der Waals surface area contributed by atoms with Gasteiger partial charge in [0, 0.05) is 17.3 Å². The first-order valence-electron chi connectivity index (χ1n) is 7.56. The number of carbonyl (C=O) groups excluding carboxylic acids is 2. The van der Waals surface area contributed by atoms with E-state index in [9.17, 15) is 9.59 Å². The molecule has 4 rings (SSSR count). The maximum absolute atomic E-state index is 12.1. The van der Waals surface area contributed by atoms with Gasteiger partial charge in [-0.3, -0.25) is 9.59 Å². The Morgan fingerprint density at radius 1 is 0.840 bits per heavy atom. The first kappa shape index (κ1) is 15.1. The molecule has 25 heavy (non-hydrogen) atoms. The second kappa shape index (κ2) is 6.23. The minimum atomic E-state index is -0.376. The lowest BCUT2D eigenvalue weighted by atomic mass is 10.2. The molecule has 8 nitrogen and oxygen atoms in total. The second-order valence-corrected chi connectivity index (χ2v) is 5.37. The molecule has 2 aromatic carbocycles. The van der Waals surface area contributed by atoms with Crippen molar-refractivity contribution in [2.45, 2.75) is 0 Å². The van der Waals surface area contributed by atoms with E-state index in [1.54, 1.807) is 36.4 Å². The summed E-state index contributed by atoms with van der Waals surface area (Å²) in [5.74, 6) is 1.58. The SMILES string of the molecule is O=C(CNC(=O)c1ccc2c(c1)OCO2)Nc1ccc2c(c1)OCO2. The molecule has 0 atom stereocenters. The van der Waals surface area contributed by atoms with E-state index in [1.165, 1.54) is 0 Å². The smallest absolute Gasteiger partial charge is 0.251 e. The normalized spacial score (nSPS) is 13.4. The molecule has 2 heterocycles. The van der Waals surface area contributed by atoms with Gasteiger partial charge >= 0.3 is 0 Å². The molecule has 2 N–H and O–H groups in total. The Bertz CT molecular complexity index is 851. The van der Waals surface area contributed by atoms with Gasteiger partial charge in [0.15, 0.2) is 23.0 Å². The summed E-state index contributed by atoms with van der Waals surface area (Å²) < 4.78 is 20.9. The average molecular weight is 342 g/mol. The summed E-state index contributed by atoms with van der Waals surface area (Å²) in [6.45, 7) is 0.137. The van der Waals surface area contributed by atoms with Crippen LogP contribution in [0.15, 0.2) is 36.4 Å². The lowest BCUT2D eigenvalue weighted by Crippen LogP contribution is -2.32. The van der Waals surface area contributed by atoms with Gasteiger partial charge in [-0.25, -0.2) is 0 Å². The molecule has 0 unspecified atom stereocenters. The van der Waals surface area contributed by atoms with E-state index in [1.807, 2.05) is 0 Å². The lowest BCUT2D eigenvalue weighted by Gasteiger charge is -2.08. The van der Waals surface area contributed by atoms with E-state index in [-0.39, 0.29) is 31.9 Å². The molecule has 128 valence electrons. The molecular formula is C17H14N2O6. The molecule has 0 aromatic heterocycles. The van der Waals surface area contributed by atoms with Crippen LogP contribution in [0.3, 0.4) is 0 Å². The average Bonchev–Trinajstić information content (AvgIpc) is 3.27. The van der Waals surface area contributed by atoms with Crippen molar-refractivity contribution in [3.63, 3.8) is 0 Å². The van der Waals surface area contributed by atoms with E-state index in [0.717, 1.165) is 0 Å². The number of amides is 2. The largest absolute Gasteiger partial charge is 0.454 e. The van der Waals surface area contributed by atoms with Gasteiger partial charge < -0.3 is 29.6 Å². The summed E-state index contributed by atoms with van der Waals surface area (Å²) in [6.07, 6.45) is 0. The molecule has 0 bridgehead atoms. The van der Waals surface area contributed by atoms with E-state index in [4.69, 9.17) is 18.9 Å². The van der Waals surface area contributed by atoms with Crippen molar-refractivity contribution in [2.75, 3.05) is 25.4 Å². The minimum Gasteiger partial charge on any atom is -0.454 e.